The van der Waals surface area contributed by atoms with Gasteiger partial charge in [-0.25, -0.2) is 8.42 Å². The summed E-state index contributed by atoms with van der Waals surface area (Å²) in [7, 11) is -4.24. The summed E-state index contributed by atoms with van der Waals surface area (Å²) >= 11 is 12.5. The molecule has 0 saturated carbocycles. The number of likely N-dealkylation sites (N-methyl/N-ethyl adjacent to an activating group) is 1. The van der Waals surface area contributed by atoms with Crippen LogP contribution in [0.1, 0.15) is 30.5 Å². The molecule has 1 unspecified atom stereocenters. The Balaban J connectivity index is 1.79. The average molecular weight is 683 g/mol. The highest BCUT2D eigenvalue weighted by atomic mass is 35.5. The Hall–Kier alpha value is -4.05. The van der Waals surface area contributed by atoms with Gasteiger partial charge < -0.3 is 15.0 Å². The molecule has 242 valence electrons. The number of anilines is 1. The predicted octanol–water partition coefficient (Wildman–Crippen LogP) is 6.67. The molecule has 0 aliphatic heterocycles. The molecule has 1 atom stereocenters. The topological polar surface area (TPSA) is 96.0 Å². The molecule has 4 aromatic rings. The number of hydrogen-bond acceptors (Lipinski definition) is 5. The highest BCUT2D eigenvalue weighted by molar-refractivity contribution is 7.92. The minimum Gasteiger partial charge on any atom is -0.494 e. The second-order valence-electron chi connectivity index (χ2n) is 10.6. The summed E-state index contributed by atoms with van der Waals surface area (Å²) in [6, 6.07) is 26.3. The molecule has 2 amide bonds. The molecule has 0 aliphatic carbocycles. The van der Waals surface area contributed by atoms with Crippen molar-refractivity contribution < 1.29 is 22.7 Å². The minimum atomic E-state index is -4.24. The van der Waals surface area contributed by atoms with Crippen LogP contribution in [0, 0.1) is 6.92 Å². The van der Waals surface area contributed by atoms with Gasteiger partial charge in [0.15, 0.2) is 0 Å². The van der Waals surface area contributed by atoms with Crippen molar-refractivity contribution >= 4 is 50.7 Å². The Morgan fingerprint density at radius 3 is 2.13 bits per heavy atom. The van der Waals surface area contributed by atoms with Gasteiger partial charge in [0.1, 0.15) is 18.3 Å². The van der Waals surface area contributed by atoms with Crippen LogP contribution in [0.3, 0.4) is 0 Å². The van der Waals surface area contributed by atoms with E-state index in [9.17, 15) is 18.0 Å². The zero-order valence-corrected chi connectivity index (χ0v) is 28.3. The van der Waals surface area contributed by atoms with Gasteiger partial charge in [-0.1, -0.05) is 77.3 Å². The summed E-state index contributed by atoms with van der Waals surface area (Å²) in [6.45, 7) is 5.72. The fourth-order valence-electron chi connectivity index (χ4n) is 4.92. The van der Waals surface area contributed by atoms with E-state index in [1.165, 1.54) is 17.0 Å². The van der Waals surface area contributed by atoms with E-state index < -0.39 is 28.5 Å². The van der Waals surface area contributed by atoms with E-state index >= 15 is 0 Å². The zero-order valence-electron chi connectivity index (χ0n) is 26.0. The van der Waals surface area contributed by atoms with Crippen LogP contribution in [0.15, 0.2) is 102 Å². The molecule has 0 aliphatic rings. The Labute approximate surface area is 280 Å². The maximum absolute atomic E-state index is 14.5. The molecule has 0 fully saturated rings. The third-order valence-corrected chi connectivity index (χ3v) is 9.81. The summed E-state index contributed by atoms with van der Waals surface area (Å²) in [5.41, 5.74) is 2.69. The molecule has 8 nitrogen and oxygen atoms in total. The van der Waals surface area contributed by atoms with Gasteiger partial charge in [-0.3, -0.25) is 13.9 Å². The molecule has 0 spiro atoms. The van der Waals surface area contributed by atoms with Crippen molar-refractivity contribution in [2.45, 2.75) is 44.7 Å². The lowest BCUT2D eigenvalue weighted by molar-refractivity contribution is -0.140. The number of aryl methyl sites for hydroxylation is 1. The Bertz CT molecular complexity index is 1730. The monoisotopic (exact) mass is 681 g/mol. The normalized spacial score (nSPS) is 11.8. The van der Waals surface area contributed by atoms with Gasteiger partial charge in [0.25, 0.3) is 10.0 Å². The second-order valence-corrected chi connectivity index (χ2v) is 13.3. The lowest BCUT2D eigenvalue weighted by Crippen LogP contribution is -2.53. The van der Waals surface area contributed by atoms with Crippen molar-refractivity contribution in [2.24, 2.45) is 0 Å². The molecule has 0 radical (unpaired) electrons. The SMILES string of the molecule is CCNC(=O)C(Cc1ccccc1)N(Cc1ccc(Cl)c(Cl)c1)C(=O)CN(c1ccc(C)cc1)S(=O)(=O)c1ccc(OCC)cc1. The third kappa shape index (κ3) is 8.81. The molecular formula is C35H37Cl2N3O5S. The molecule has 11 heteroatoms. The summed E-state index contributed by atoms with van der Waals surface area (Å²) in [5, 5.41) is 3.49. The van der Waals surface area contributed by atoms with E-state index in [0.29, 0.717) is 40.2 Å². The van der Waals surface area contributed by atoms with Crippen molar-refractivity contribution in [3.8, 4) is 5.75 Å². The number of carbonyl (C=O) groups is 2. The highest BCUT2D eigenvalue weighted by Crippen LogP contribution is 2.28. The highest BCUT2D eigenvalue weighted by Gasteiger charge is 2.34. The van der Waals surface area contributed by atoms with Crippen LogP contribution in [0.25, 0.3) is 0 Å². The quantitative estimate of drug-likeness (QED) is 0.160. The first-order valence-electron chi connectivity index (χ1n) is 14.9. The summed E-state index contributed by atoms with van der Waals surface area (Å²) in [6.07, 6.45) is 0.204. The molecule has 4 rings (SSSR count). The molecule has 0 aromatic heterocycles. The number of nitrogens with zero attached hydrogens (tertiary/aromatic N) is 2. The number of nitrogens with one attached hydrogen (secondary N) is 1. The molecular weight excluding hydrogens is 645 g/mol. The van der Waals surface area contributed by atoms with Crippen molar-refractivity contribution in [3.63, 3.8) is 0 Å². The van der Waals surface area contributed by atoms with Crippen LogP contribution in [0.4, 0.5) is 5.69 Å². The fourth-order valence-corrected chi connectivity index (χ4v) is 6.66. The van der Waals surface area contributed by atoms with Crippen molar-refractivity contribution in [1.82, 2.24) is 10.2 Å². The first-order valence-corrected chi connectivity index (χ1v) is 17.1. The van der Waals surface area contributed by atoms with E-state index in [2.05, 4.69) is 5.32 Å². The predicted molar refractivity (Wildman–Crippen MR) is 183 cm³/mol. The number of carbonyl (C=O) groups excluding carboxylic acids is 2. The number of hydrogen-bond donors (Lipinski definition) is 1. The standard InChI is InChI=1S/C35H37Cl2N3O5S/c1-4-38-35(42)33(22-26-9-7-6-8-10-26)39(23-27-13-20-31(36)32(37)21-27)34(41)24-40(28-14-11-25(3)12-15-28)46(43,44)30-18-16-29(17-19-30)45-5-2/h6-21,33H,4-5,22-24H2,1-3H3,(H,38,42). The zero-order chi connectivity index (χ0) is 33.3. The maximum Gasteiger partial charge on any atom is 0.264 e. The molecule has 0 heterocycles. The van der Waals surface area contributed by atoms with Gasteiger partial charge in [0.05, 0.1) is 27.2 Å². The van der Waals surface area contributed by atoms with Gasteiger partial charge >= 0.3 is 0 Å². The number of halogens is 2. The van der Waals surface area contributed by atoms with E-state index in [1.807, 2.05) is 44.2 Å². The van der Waals surface area contributed by atoms with Gasteiger partial charge in [0, 0.05) is 19.5 Å². The van der Waals surface area contributed by atoms with E-state index in [1.54, 1.807) is 61.5 Å². The van der Waals surface area contributed by atoms with Gasteiger partial charge in [-0.2, -0.15) is 0 Å². The lowest BCUT2D eigenvalue weighted by atomic mass is 10.0. The van der Waals surface area contributed by atoms with Crippen LogP contribution < -0.4 is 14.4 Å². The van der Waals surface area contributed by atoms with E-state index in [-0.39, 0.29) is 23.8 Å². The number of amides is 2. The summed E-state index contributed by atoms with van der Waals surface area (Å²) in [5.74, 6) is -0.415. The molecule has 1 N–H and O–H groups in total. The first-order chi connectivity index (χ1) is 22.0. The molecule has 0 bridgehead atoms. The van der Waals surface area contributed by atoms with Crippen molar-refractivity contribution in [3.05, 3.63) is 124 Å². The largest absolute Gasteiger partial charge is 0.494 e. The Morgan fingerprint density at radius 1 is 0.848 bits per heavy atom. The Kier molecular flexibility index (Phi) is 12.1. The average Bonchev–Trinajstić information content (AvgIpc) is 3.04. The maximum atomic E-state index is 14.5. The van der Waals surface area contributed by atoms with Crippen LogP contribution in [0.5, 0.6) is 5.75 Å². The Morgan fingerprint density at radius 2 is 1.52 bits per heavy atom. The number of rotatable bonds is 14. The first kappa shape index (κ1) is 34.8. The fraction of sp³-hybridized carbons (Fsp3) is 0.257. The van der Waals surface area contributed by atoms with Crippen molar-refractivity contribution in [2.75, 3.05) is 24.0 Å². The van der Waals surface area contributed by atoms with E-state index in [4.69, 9.17) is 27.9 Å². The summed E-state index contributed by atoms with van der Waals surface area (Å²) < 4.78 is 34.9. The van der Waals surface area contributed by atoms with Gasteiger partial charge in [0.2, 0.25) is 11.8 Å². The number of ether oxygens (including phenoxy) is 1. The lowest BCUT2D eigenvalue weighted by Gasteiger charge is -2.34. The van der Waals surface area contributed by atoms with Crippen molar-refractivity contribution in [1.29, 1.82) is 0 Å². The third-order valence-electron chi connectivity index (χ3n) is 7.28. The summed E-state index contributed by atoms with van der Waals surface area (Å²) in [4.78, 5) is 29.5. The molecule has 4 aromatic carbocycles. The van der Waals surface area contributed by atoms with E-state index in [0.717, 1.165) is 15.4 Å². The molecule has 0 saturated heterocycles. The minimum absolute atomic E-state index is 0.00933. The smallest absolute Gasteiger partial charge is 0.264 e. The second kappa shape index (κ2) is 16.0. The number of sulfonamides is 1. The van der Waals surface area contributed by atoms with Crippen LogP contribution in [-0.4, -0.2) is 50.9 Å². The van der Waals surface area contributed by atoms with Crippen LogP contribution >= 0.6 is 23.2 Å². The van der Waals surface area contributed by atoms with Crippen LogP contribution in [-0.2, 0) is 32.6 Å². The van der Waals surface area contributed by atoms with Crippen LogP contribution in [0.2, 0.25) is 10.0 Å². The number of benzene rings is 4. The van der Waals surface area contributed by atoms with Gasteiger partial charge in [-0.05, 0) is 80.4 Å². The van der Waals surface area contributed by atoms with Gasteiger partial charge in [-0.15, -0.1) is 0 Å². The molecule has 46 heavy (non-hydrogen) atoms.